The molecule has 178 valence electrons. The molecule has 0 spiro atoms. The molecule has 6 heteroatoms. The fraction of sp³-hybridized carbons (Fsp3) is 0.444. The zero-order chi connectivity index (χ0) is 24.6. The van der Waals surface area contributed by atoms with Crippen LogP contribution >= 0.6 is 23.4 Å². The van der Waals surface area contributed by atoms with Crippen LogP contribution in [0.25, 0.3) is 10.9 Å². The molecule has 0 aliphatic carbocycles. The van der Waals surface area contributed by atoms with Gasteiger partial charge in [-0.2, -0.15) is 5.90 Å². The zero-order valence-electron chi connectivity index (χ0n) is 20.7. The molecule has 0 amide bonds. The largest absolute Gasteiger partial charge is 0.373 e. The summed E-state index contributed by atoms with van der Waals surface area (Å²) >= 11 is 7.98. The normalized spacial score (nSPS) is 12.5. The smallest absolute Gasteiger partial charge is 0.330 e. The van der Waals surface area contributed by atoms with Crippen molar-refractivity contribution >= 4 is 40.2 Å². The second-order valence-corrected chi connectivity index (χ2v) is 12.9. The number of halogens is 1. The third-order valence-electron chi connectivity index (χ3n) is 5.74. The van der Waals surface area contributed by atoms with Gasteiger partial charge in [0, 0.05) is 44.2 Å². The minimum Gasteiger partial charge on any atom is -0.373 e. The van der Waals surface area contributed by atoms with E-state index in [0.29, 0.717) is 23.9 Å². The van der Waals surface area contributed by atoms with Gasteiger partial charge in [-0.15, -0.1) is 11.8 Å². The Morgan fingerprint density at radius 3 is 2.27 bits per heavy atom. The molecule has 4 nitrogen and oxygen atoms in total. The highest BCUT2D eigenvalue weighted by Gasteiger charge is 2.34. The lowest BCUT2D eigenvalue weighted by Crippen LogP contribution is -2.32. The van der Waals surface area contributed by atoms with Crippen LogP contribution in [-0.2, 0) is 22.6 Å². The van der Waals surface area contributed by atoms with Crippen molar-refractivity contribution in [3.05, 3.63) is 64.3 Å². The number of carbonyl (C=O) groups excluding carboxylic acids is 1. The van der Waals surface area contributed by atoms with E-state index in [0.717, 1.165) is 16.8 Å². The SMILES string of the molecule is CC(C)c1ccc2c(c1)c(SC(C)(C)C)c(CC(C)(C)C(=O)ON)n2Cc1ccc(Cl)cc1. The molecule has 0 aliphatic heterocycles. The Morgan fingerprint density at radius 2 is 1.73 bits per heavy atom. The third-order valence-corrected chi connectivity index (χ3v) is 7.27. The van der Waals surface area contributed by atoms with Gasteiger partial charge >= 0.3 is 5.97 Å². The molecule has 0 fully saturated rings. The summed E-state index contributed by atoms with van der Waals surface area (Å²) in [6.07, 6.45) is 0.515. The number of hydrogen-bond donors (Lipinski definition) is 1. The van der Waals surface area contributed by atoms with Crippen LogP contribution in [0.15, 0.2) is 47.4 Å². The number of carbonyl (C=O) groups is 1. The van der Waals surface area contributed by atoms with Crippen molar-refractivity contribution in [3.63, 3.8) is 0 Å². The number of nitrogens with two attached hydrogens (primary N) is 1. The van der Waals surface area contributed by atoms with Crippen LogP contribution in [0.3, 0.4) is 0 Å². The highest BCUT2D eigenvalue weighted by molar-refractivity contribution is 8.00. The van der Waals surface area contributed by atoms with Gasteiger partial charge in [-0.25, -0.2) is 4.79 Å². The van der Waals surface area contributed by atoms with Crippen molar-refractivity contribution in [2.75, 3.05) is 0 Å². The topological polar surface area (TPSA) is 57.2 Å². The fourth-order valence-electron chi connectivity index (χ4n) is 3.95. The van der Waals surface area contributed by atoms with E-state index in [4.69, 9.17) is 17.5 Å². The molecule has 0 atom stereocenters. The van der Waals surface area contributed by atoms with Crippen molar-refractivity contribution in [1.82, 2.24) is 4.57 Å². The first-order valence-electron chi connectivity index (χ1n) is 11.3. The number of fused-ring (bicyclic) bond motifs is 1. The molecule has 3 rings (SSSR count). The standard InChI is InChI=1S/C27H35ClN2O2S/c1-17(2)19-10-13-22-21(14-19)24(33-26(3,4)5)23(15-27(6,7)25(31)32-29)30(22)16-18-8-11-20(28)12-9-18/h8-14,17H,15-16,29H2,1-7H3. The Hall–Kier alpha value is -1.95. The molecule has 33 heavy (non-hydrogen) atoms. The highest BCUT2D eigenvalue weighted by Crippen LogP contribution is 2.44. The van der Waals surface area contributed by atoms with E-state index in [1.807, 2.05) is 37.7 Å². The van der Waals surface area contributed by atoms with Crippen molar-refractivity contribution in [2.45, 2.75) is 77.0 Å². The summed E-state index contributed by atoms with van der Waals surface area (Å²) < 4.78 is 2.34. The predicted molar refractivity (Wildman–Crippen MR) is 140 cm³/mol. The zero-order valence-corrected chi connectivity index (χ0v) is 22.2. The molecule has 1 aromatic heterocycles. The quantitative estimate of drug-likeness (QED) is 0.280. The van der Waals surface area contributed by atoms with E-state index < -0.39 is 11.4 Å². The van der Waals surface area contributed by atoms with E-state index in [1.165, 1.54) is 15.8 Å². The molecule has 0 radical (unpaired) electrons. The lowest BCUT2D eigenvalue weighted by Gasteiger charge is -2.25. The predicted octanol–water partition coefficient (Wildman–Crippen LogP) is 7.34. The minimum absolute atomic E-state index is 0.000486. The average Bonchev–Trinajstić information content (AvgIpc) is 2.99. The Bertz CT molecular complexity index is 1140. The number of benzene rings is 2. The molecule has 2 N–H and O–H groups in total. The summed E-state index contributed by atoms with van der Waals surface area (Å²) in [4.78, 5) is 18.4. The molecule has 0 aliphatic rings. The highest BCUT2D eigenvalue weighted by atomic mass is 35.5. The number of nitrogens with zero attached hydrogens (tertiary/aromatic N) is 1. The Morgan fingerprint density at radius 1 is 1.09 bits per heavy atom. The lowest BCUT2D eigenvalue weighted by atomic mass is 9.88. The van der Waals surface area contributed by atoms with E-state index in [1.54, 1.807) is 0 Å². The number of rotatable bonds is 7. The molecule has 0 bridgehead atoms. The Labute approximate surface area is 206 Å². The van der Waals surface area contributed by atoms with Crippen LogP contribution < -0.4 is 5.90 Å². The van der Waals surface area contributed by atoms with Crippen molar-refractivity contribution < 1.29 is 9.63 Å². The minimum atomic E-state index is -0.769. The third kappa shape index (κ3) is 5.95. The van der Waals surface area contributed by atoms with Crippen LogP contribution in [0.2, 0.25) is 5.02 Å². The van der Waals surface area contributed by atoms with Crippen LogP contribution in [-0.4, -0.2) is 15.3 Å². The van der Waals surface area contributed by atoms with Gasteiger partial charge in [0.2, 0.25) is 0 Å². The second-order valence-electron chi connectivity index (χ2n) is 10.6. The van der Waals surface area contributed by atoms with E-state index in [2.05, 4.69) is 74.4 Å². The molecule has 3 aromatic rings. The van der Waals surface area contributed by atoms with Crippen molar-refractivity contribution in [3.8, 4) is 0 Å². The number of thioether (sulfide) groups is 1. The fourth-order valence-corrected chi connectivity index (χ4v) is 5.26. The van der Waals surface area contributed by atoms with Crippen LogP contribution in [0.5, 0.6) is 0 Å². The van der Waals surface area contributed by atoms with Crippen LogP contribution in [0, 0.1) is 5.41 Å². The van der Waals surface area contributed by atoms with Crippen LogP contribution in [0.1, 0.15) is 71.2 Å². The molecule has 0 saturated heterocycles. The Balaban J connectivity index is 2.29. The molecular formula is C27H35ClN2O2S. The second kappa shape index (κ2) is 9.73. The molecule has 1 heterocycles. The first-order valence-corrected chi connectivity index (χ1v) is 12.5. The van der Waals surface area contributed by atoms with Gasteiger partial charge in [0.15, 0.2) is 0 Å². The van der Waals surface area contributed by atoms with E-state index >= 15 is 0 Å². The van der Waals surface area contributed by atoms with Gasteiger partial charge in [0.05, 0.1) is 5.41 Å². The summed E-state index contributed by atoms with van der Waals surface area (Å²) in [7, 11) is 0. The van der Waals surface area contributed by atoms with Gasteiger partial charge in [0.1, 0.15) is 0 Å². The first-order chi connectivity index (χ1) is 15.3. The molecule has 2 aromatic carbocycles. The van der Waals surface area contributed by atoms with E-state index in [9.17, 15) is 4.79 Å². The summed E-state index contributed by atoms with van der Waals surface area (Å²) in [5.74, 6) is 5.29. The maximum absolute atomic E-state index is 12.5. The van der Waals surface area contributed by atoms with Gasteiger partial charge in [-0.3, -0.25) is 0 Å². The van der Waals surface area contributed by atoms with Crippen LogP contribution in [0.4, 0.5) is 0 Å². The lowest BCUT2D eigenvalue weighted by molar-refractivity contribution is -0.154. The van der Waals surface area contributed by atoms with E-state index in [-0.39, 0.29) is 4.75 Å². The Kier molecular flexibility index (Phi) is 7.57. The van der Waals surface area contributed by atoms with Gasteiger partial charge in [-0.05, 0) is 55.2 Å². The summed E-state index contributed by atoms with van der Waals surface area (Å²) in [6.45, 7) is 15.5. The summed E-state index contributed by atoms with van der Waals surface area (Å²) in [6, 6.07) is 14.7. The molecule has 0 saturated carbocycles. The van der Waals surface area contributed by atoms with Crippen molar-refractivity contribution in [1.29, 1.82) is 0 Å². The first kappa shape index (κ1) is 25.7. The van der Waals surface area contributed by atoms with Gasteiger partial charge < -0.3 is 9.40 Å². The number of hydrogen-bond acceptors (Lipinski definition) is 4. The summed E-state index contributed by atoms with van der Waals surface area (Å²) in [5.41, 5.74) is 3.96. The monoisotopic (exact) mass is 486 g/mol. The average molecular weight is 487 g/mol. The maximum Gasteiger partial charge on any atom is 0.330 e. The maximum atomic E-state index is 12.5. The molecule has 0 unspecified atom stereocenters. The van der Waals surface area contributed by atoms with Gasteiger partial charge in [-0.1, -0.05) is 64.4 Å². The molecular weight excluding hydrogens is 452 g/mol. The van der Waals surface area contributed by atoms with Crippen molar-refractivity contribution in [2.24, 2.45) is 11.3 Å². The summed E-state index contributed by atoms with van der Waals surface area (Å²) in [5, 5.41) is 1.94. The number of aromatic nitrogens is 1. The van der Waals surface area contributed by atoms with Gasteiger partial charge in [0.25, 0.3) is 0 Å².